The molecule has 2 aromatic rings. The summed E-state index contributed by atoms with van der Waals surface area (Å²) in [5, 5.41) is 11.9. The Morgan fingerprint density at radius 1 is 1.00 bits per heavy atom. The van der Waals surface area contributed by atoms with Crippen molar-refractivity contribution < 1.29 is 14.7 Å². The van der Waals surface area contributed by atoms with Gasteiger partial charge in [0.2, 0.25) is 0 Å². The molecule has 2 N–H and O–H groups in total. The molecule has 108 valence electrons. The van der Waals surface area contributed by atoms with Crippen LogP contribution in [0.25, 0.3) is 0 Å². The van der Waals surface area contributed by atoms with Crippen LogP contribution in [0.4, 0.5) is 5.69 Å². The predicted molar refractivity (Wildman–Crippen MR) is 101 cm³/mol. The van der Waals surface area contributed by atoms with Crippen LogP contribution < -0.4 is 5.32 Å². The fraction of sp³-hybridized carbons (Fsp3) is 0. The van der Waals surface area contributed by atoms with Crippen molar-refractivity contribution in [1.29, 1.82) is 0 Å². The van der Waals surface area contributed by atoms with Gasteiger partial charge in [0.05, 0.1) is 16.8 Å². The molecule has 0 bridgehead atoms. The summed E-state index contributed by atoms with van der Waals surface area (Å²) in [7, 11) is 0. The number of hydrogen-bond acceptors (Lipinski definition) is 2. The van der Waals surface area contributed by atoms with Gasteiger partial charge in [-0.15, -0.1) is 0 Å². The number of carboxylic acid groups (broad SMARTS) is 1. The second-order valence-corrected chi connectivity index (χ2v) is 7.42. The first-order valence-electron chi connectivity index (χ1n) is 5.67. The van der Waals surface area contributed by atoms with Crippen molar-refractivity contribution in [2.24, 2.45) is 0 Å². The number of carboxylic acids is 1. The summed E-state index contributed by atoms with van der Waals surface area (Å²) in [6, 6.07) is 10.2. The Kier molecular flexibility index (Phi) is 5.60. The van der Waals surface area contributed by atoms with Gasteiger partial charge in [-0.2, -0.15) is 0 Å². The highest BCUT2D eigenvalue weighted by molar-refractivity contribution is 14.1. The van der Waals surface area contributed by atoms with Crippen molar-refractivity contribution in [2.45, 2.75) is 0 Å². The third-order valence-corrected chi connectivity index (χ3v) is 4.67. The number of carbonyl (C=O) groups excluding carboxylic acids is 1. The summed E-state index contributed by atoms with van der Waals surface area (Å²) in [4.78, 5) is 23.6. The molecular formula is C14H8BrI2NO3. The van der Waals surface area contributed by atoms with Crippen LogP contribution >= 0.6 is 61.1 Å². The molecule has 0 aliphatic carbocycles. The lowest BCUT2D eigenvalue weighted by molar-refractivity contribution is 0.0698. The fourth-order valence-corrected chi connectivity index (χ4v) is 3.07. The van der Waals surface area contributed by atoms with Crippen LogP contribution in [0.3, 0.4) is 0 Å². The molecule has 1 amide bonds. The van der Waals surface area contributed by atoms with E-state index in [4.69, 9.17) is 0 Å². The van der Waals surface area contributed by atoms with Crippen molar-refractivity contribution >= 4 is 78.7 Å². The minimum atomic E-state index is -1.08. The molecule has 0 atom stereocenters. The van der Waals surface area contributed by atoms with Crippen LogP contribution in [0, 0.1) is 7.14 Å². The number of amides is 1. The van der Waals surface area contributed by atoms with Gasteiger partial charge in [-0.3, -0.25) is 4.79 Å². The minimum absolute atomic E-state index is 0.0667. The molecule has 0 radical (unpaired) electrons. The van der Waals surface area contributed by atoms with Crippen LogP contribution in [0.5, 0.6) is 0 Å². The van der Waals surface area contributed by atoms with Gasteiger partial charge in [0.15, 0.2) is 0 Å². The third-order valence-electron chi connectivity index (χ3n) is 2.63. The van der Waals surface area contributed by atoms with E-state index in [9.17, 15) is 14.7 Å². The smallest absolute Gasteiger partial charge is 0.337 e. The van der Waals surface area contributed by atoms with E-state index in [1.165, 1.54) is 6.07 Å². The van der Waals surface area contributed by atoms with Crippen molar-refractivity contribution in [3.8, 4) is 0 Å². The molecule has 0 heterocycles. The molecule has 0 unspecified atom stereocenters. The van der Waals surface area contributed by atoms with E-state index < -0.39 is 5.97 Å². The molecule has 0 saturated heterocycles. The summed E-state index contributed by atoms with van der Waals surface area (Å²) >= 11 is 7.46. The number of hydrogen-bond donors (Lipinski definition) is 2. The first kappa shape index (κ1) is 16.7. The van der Waals surface area contributed by atoms with E-state index in [0.29, 0.717) is 10.0 Å². The van der Waals surface area contributed by atoms with Gasteiger partial charge in [0.1, 0.15) is 0 Å². The number of benzene rings is 2. The van der Waals surface area contributed by atoms with Crippen LogP contribution in [0.15, 0.2) is 40.9 Å². The quantitative estimate of drug-likeness (QED) is 0.529. The molecular weight excluding hydrogens is 564 g/mol. The van der Waals surface area contributed by atoms with Crippen LogP contribution in [0.1, 0.15) is 20.7 Å². The maximum atomic E-state index is 12.3. The zero-order chi connectivity index (χ0) is 15.6. The van der Waals surface area contributed by atoms with Gasteiger partial charge < -0.3 is 10.4 Å². The monoisotopic (exact) mass is 571 g/mol. The molecule has 0 fully saturated rings. The van der Waals surface area contributed by atoms with Crippen molar-refractivity contribution in [2.75, 3.05) is 5.32 Å². The predicted octanol–water partition coefficient (Wildman–Crippen LogP) is 4.61. The average molecular weight is 572 g/mol. The molecule has 4 nitrogen and oxygen atoms in total. The van der Waals surface area contributed by atoms with E-state index in [2.05, 4.69) is 43.8 Å². The minimum Gasteiger partial charge on any atom is -0.478 e. The Morgan fingerprint density at radius 3 is 2.19 bits per heavy atom. The summed E-state index contributed by atoms with van der Waals surface area (Å²) in [5.41, 5.74) is 0.799. The van der Waals surface area contributed by atoms with Gasteiger partial charge in [0.25, 0.3) is 5.91 Å². The molecule has 21 heavy (non-hydrogen) atoms. The molecule has 0 aliphatic heterocycles. The molecule has 7 heteroatoms. The van der Waals surface area contributed by atoms with E-state index in [1.807, 2.05) is 28.7 Å². The summed E-state index contributed by atoms with van der Waals surface area (Å²) in [6.45, 7) is 0. The van der Waals surface area contributed by atoms with Gasteiger partial charge in [-0.25, -0.2) is 4.79 Å². The molecule has 0 aliphatic rings. The topological polar surface area (TPSA) is 66.4 Å². The van der Waals surface area contributed by atoms with E-state index in [1.54, 1.807) is 24.3 Å². The fourth-order valence-electron chi connectivity index (χ4n) is 1.66. The molecule has 0 saturated carbocycles. The lowest BCUT2D eigenvalue weighted by Gasteiger charge is -2.10. The Balaban J connectivity index is 2.36. The third kappa shape index (κ3) is 4.16. The Labute approximate surface area is 156 Å². The number of nitrogens with one attached hydrogen (secondary N) is 1. The van der Waals surface area contributed by atoms with Crippen LogP contribution in [0.2, 0.25) is 0 Å². The summed E-state index contributed by atoms with van der Waals surface area (Å²) < 4.78 is 2.36. The highest BCUT2D eigenvalue weighted by Crippen LogP contribution is 2.23. The number of halogens is 3. The second kappa shape index (κ2) is 7.05. The van der Waals surface area contributed by atoms with Gasteiger partial charge in [0, 0.05) is 11.6 Å². The number of carbonyl (C=O) groups is 2. The number of aromatic carboxylic acids is 1. The SMILES string of the molecule is O=C(Nc1ccc(I)cc1C(=O)O)c1cc(I)ccc1Br. The first-order chi connectivity index (χ1) is 9.88. The maximum Gasteiger partial charge on any atom is 0.337 e. The van der Waals surface area contributed by atoms with Crippen molar-refractivity contribution in [3.05, 3.63) is 59.1 Å². The Morgan fingerprint density at radius 2 is 1.57 bits per heavy atom. The first-order valence-corrected chi connectivity index (χ1v) is 8.63. The van der Waals surface area contributed by atoms with E-state index in [-0.39, 0.29) is 17.2 Å². The average Bonchev–Trinajstić information content (AvgIpc) is 2.43. The molecule has 0 aromatic heterocycles. The van der Waals surface area contributed by atoms with Crippen molar-refractivity contribution in [1.82, 2.24) is 0 Å². The van der Waals surface area contributed by atoms with Crippen molar-refractivity contribution in [3.63, 3.8) is 0 Å². The number of anilines is 1. The highest BCUT2D eigenvalue weighted by Gasteiger charge is 2.16. The standard InChI is InChI=1S/C14H8BrI2NO3/c15-11-3-1-7(16)5-9(11)13(19)18-12-4-2-8(17)6-10(12)14(20)21/h1-6H,(H,18,19)(H,20,21). The largest absolute Gasteiger partial charge is 0.478 e. The van der Waals surface area contributed by atoms with Crippen LogP contribution in [-0.2, 0) is 0 Å². The zero-order valence-electron chi connectivity index (χ0n) is 10.4. The summed E-state index contributed by atoms with van der Waals surface area (Å²) in [5.74, 6) is -1.44. The highest BCUT2D eigenvalue weighted by atomic mass is 127. The molecule has 0 spiro atoms. The normalized spacial score (nSPS) is 10.2. The lowest BCUT2D eigenvalue weighted by Crippen LogP contribution is -2.15. The second-order valence-electron chi connectivity index (χ2n) is 4.07. The zero-order valence-corrected chi connectivity index (χ0v) is 16.3. The number of rotatable bonds is 3. The Bertz CT molecular complexity index is 734. The van der Waals surface area contributed by atoms with Crippen LogP contribution in [-0.4, -0.2) is 17.0 Å². The summed E-state index contributed by atoms with van der Waals surface area (Å²) in [6.07, 6.45) is 0. The van der Waals surface area contributed by atoms with Gasteiger partial charge in [-0.05, 0) is 97.5 Å². The van der Waals surface area contributed by atoms with E-state index in [0.717, 1.165) is 7.14 Å². The maximum absolute atomic E-state index is 12.3. The molecule has 2 rings (SSSR count). The Hall–Kier alpha value is -0.680. The van der Waals surface area contributed by atoms with Gasteiger partial charge in [-0.1, -0.05) is 0 Å². The van der Waals surface area contributed by atoms with Gasteiger partial charge >= 0.3 is 5.97 Å². The molecule has 2 aromatic carbocycles. The van der Waals surface area contributed by atoms with E-state index >= 15 is 0 Å². The lowest BCUT2D eigenvalue weighted by atomic mass is 10.1.